The van der Waals surface area contributed by atoms with Crippen LogP contribution in [-0.4, -0.2) is 44.2 Å². The first-order valence-corrected chi connectivity index (χ1v) is 13.0. The molecule has 0 aliphatic carbocycles. The van der Waals surface area contributed by atoms with Gasteiger partial charge in [0.1, 0.15) is 0 Å². The molecule has 0 rings (SSSR count). The summed E-state index contributed by atoms with van der Waals surface area (Å²) in [6.07, 6.45) is 2.58. The van der Waals surface area contributed by atoms with Crippen LogP contribution >= 0.6 is 0 Å². The lowest BCUT2D eigenvalue weighted by molar-refractivity contribution is 0.344. The van der Waals surface area contributed by atoms with Crippen LogP contribution in [0.15, 0.2) is 0 Å². The maximum atomic E-state index is 3.49. The van der Waals surface area contributed by atoms with Gasteiger partial charge in [0.15, 0.2) is 0 Å². The van der Waals surface area contributed by atoms with Crippen molar-refractivity contribution in [3.8, 4) is 0 Å². The summed E-state index contributed by atoms with van der Waals surface area (Å²) < 4.78 is 0. The molecule has 24 heavy (non-hydrogen) atoms. The Hall–Kier alpha value is 0.354. The molecule has 0 aromatic carbocycles. The average Bonchev–Trinajstić information content (AvgIpc) is 2.34. The lowest BCUT2D eigenvalue weighted by Gasteiger charge is -2.40. The zero-order valence-electron chi connectivity index (χ0n) is 19.0. The van der Waals surface area contributed by atoms with Crippen molar-refractivity contribution in [2.45, 2.75) is 114 Å². The van der Waals surface area contributed by atoms with Gasteiger partial charge in [-0.3, -0.25) is 0 Å². The molecule has 2 nitrogen and oxygen atoms in total. The summed E-state index contributed by atoms with van der Waals surface area (Å²) in [5.41, 5.74) is 2.42. The smallest absolute Gasteiger partial charge is 0.0292 e. The van der Waals surface area contributed by atoms with Crippen molar-refractivity contribution in [2.24, 2.45) is 0 Å². The normalized spacial score (nSPS) is 18.0. The molecule has 0 radical (unpaired) electrons. The molecule has 0 aliphatic heterocycles. The number of rotatable bonds is 11. The zero-order valence-corrected chi connectivity index (χ0v) is 21.8. The molecule has 0 saturated carbocycles. The molecule has 0 saturated heterocycles. The predicted molar refractivity (Wildman–Crippen MR) is 120 cm³/mol. The van der Waals surface area contributed by atoms with Crippen LogP contribution in [-0.2, 0) is 0 Å². The highest BCUT2D eigenvalue weighted by Crippen LogP contribution is 2.43. The second-order valence-corrected chi connectivity index (χ2v) is 18.5. The maximum Gasteiger partial charge on any atom is 0.0292 e. The molecule has 0 fully saturated rings. The van der Waals surface area contributed by atoms with Crippen LogP contribution in [0.25, 0.3) is 0 Å². The third-order valence-electron chi connectivity index (χ3n) is 5.92. The summed E-state index contributed by atoms with van der Waals surface area (Å²) >= 11 is 0. The van der Waals surface area contributed by atoms with Crippen LogP contribution in [0.5, 0.6) is 0 Å². The average molecular weight is 373 g/mol. The summed E-state index contributed by atoms with van der Waals surface area (Å²) in [7, 11) is 3.98. The fourth-order valence-electron chi connectivity index (χ4n) is 4.86. The van der Waals surface area contributed by atoms with E-state index in [0.717, 1.165) is 11.1 Å². The van der Waals surface area contributed by atoms with Crippen molar-refractivity contribution in [3.05, 3.63) is 0 Å². The molecule has 2 atom stereocenters. The first-order chi connectivity index (χ1) is 10.5. The van der Waals surface area contributed by atoms with Crippen molar-refractivity contribution in [1.82, 2.24) is 10.6 Å². The van der Waals surface area contributed by atoms with Gasteiger partial charge in [0.05, 0.1) is 0 Å². The van der Waals surface area contributed by atoms with Gasteiger partial charge in [-0.25, -0.2) is 0 Å². The molecule has 0 aromatic heterocycles. The van der Waals surface area contributed by atoms with Crippen molar-refractivity contribution < 1.29 is 0 Å². The van der Waals surface area contributed by atoms with E-state index in [-0.39, 0.29) is 30.1 Å². The molecule has 0 bridgehead atoms. The lowest BCUT2D eigenvalue weighted by atomic mass is 9.92. The standard InChI is InChI=1S/C20H48N2Si2/c1-15(23-19(7,8)13-17(3,4)21-11)16(2)24-20(9,10)14-18(5,6)22-12/h15-16,21-22H,13-14,23-24H2,1-12H3. The van der Waals surface area contributed by atoms with Crippen LogP contribution in [0.2, 0.25) is 21.2 Å². The van der Waals surface area contributed by atoms with Gasteiger partial charge in [-0.05, 0) is 64.7 Å². The lowest BCUT2D eigenvalue weighted by Crippen LogP contribution is -2.41. The Kier molecular flexibility index (Phi) is 8.96. The summed E-state index contributed by atoms with van der Waals surface area (Å²) in [4.78, 5) is 0. The number of hydrogen-bond donors (Lipinski definition) is 2. The summed E-state index contributed by atoms with van der Waals surface area (Å²) in [6.45, 7) is 24.5. The van der Waals surface area contributed by atoms with Crippen molar-refractivity contribution in [1.29, 1.82) is 0 Å². The first-order valence-electron chi connectivity index (χ1n) is 9.93. The van der Waals surface area contributed by atoms with E-state index in [1.165, 1.54) is 12.8 Å². The van der Waals surface area contributed by atoms with Crippen LogP contribution < -0.4 is 10.6 Å². The van der Waals surface area contributed by atoms with E-state index in [9.17, 15) is 0 Å². The van der Waals surface area contributed by atoms with Gasteiger partial charge in [0.25, 0.3) is 0 Å². The first kappa shape index (κ1) is 24.4. The molecule has 0 spiro atoms. The van der Waals surface area contributed by atoms with E-state index >= 15 is 0 Å². The topological polar surface area (TPSA) is 24.1 Å². The third-order valence-corrected chi connectivity index (χ3v) is 12.2. The predicted octanol–water partition coefficient (Wildman–Crippen LogP) is 4.11. The van der Waals surface area contributed by atoms with Gasteiger partial charge < -0.3 is 10.6 Å². The number of nitrogens with one attached hydrogen (secondary N) is 2. The molecule has 146 valence electrons. The fourth-order valence-corrected chi connectivity index (χ4v) is 11.7. The van der Waals surface area contributed by atoms with E-state index in [1.807, 2.05) is 0 Å². The second kappa shape index (κ2) is 8.83. The van der Waals surface area contributed by atoms with E-state index in [0.29, 0.717) is 10.1 Å². The van der Waals surface area contributed by atoms with Crippen molar-refractivity contribution in [3.63, 3.8) is 0 Å². The van der Waals surface area contributed by atoms with Gasteiger partial charge >= 0.3 is 0 Å². The molecule has 0 amide bonds. The third kappa shape index (κ3) is 9.74. The number of hydrogen-bond acceptors (Lipinski definition) is 2. The molecular formula is C20H48N2Si2. The summed E-state index contributed by atoms with van der Waals surface area (Å²) in [5.74, 6) is 0. The zero-order chi connectivity index (χ0) is 19.4. The monoisotopic (exact) mass is 372 g/mol. The van der Waals surface area contributed by atoms with Gasteiger partial charge in [0.2, 0.25) is 0 Å². The maximum absolute atomic E-state index is 3.49. The molecule has 0 aromatic rings. The molecule has 0 heterocycles. The molecular weight excluding hydrogens is 324 g/mol. The Bertz CT molecular complexity index is 340. The Labute approximate surface area is 158 Å². The Morgan fingerprint density at radius 1 is 0.625 bits per heavy atom. The van der Waals surface area contributed by atoms with Crippen molar-refractivity contribution >= 4 is 19.0 Å². The van der Waals surface area contributed by atoms with Gasteiger partial charge in [-0.1, -0.05) is 52.6 Å². The van der Waals surface area contributed by atoms with Gasteiger partial charge in [-0.2, -0.15) is 0 Å². The van der Waals surface area contributed by atoms with E-state index in [4.69, 9.17) is 0 Å². The molecule has 2 N–H and O–H groups in total. The molecule has 4 heteroatoms. The SMILES string of the molecule is CNC(C)(C)CC(C)(C)[SiH2]C(C)C(C)[SiH2]C(C)(C)CC(C)(C)NC. The highest BCUT2D eigenvalue weighted by atomic mass is 28.2. The molecule has 0 aliphatic rings. The van der Waals surface area contributed by atoms with Crippen molar-refractivity contribution in [2.75, 3.05) is 14.1 Å². The Balaban J connectivity index is 4.74. The van der Waals surface area contributed by atoms with Crippen LogP contribution in [0, 0.1) is 0 Å². The fraction of sp³-hybridized carbons (Fsp3) is 1.00. The Morgan fingerprint density at radius 2 is 0.875 bits per heavy atom. The quantitative estimate of drug-likeness (QED) is 0.533. The van der Waals surface area contributed by atoms with E-state index < -0.39 is 0 Å². The van der Waals surface area contributed by atoms with Crippen LogP contribution in [0.1, 0.15) is 82.1 Å². The minimum Gasteiger partial charge on any atom is -0.315 e. The largest absolute Gasteiger partial charge is 0.315 e. The summed E-state index contributed by atoms with van der Waals surface area (Å²) in [5, 5.41) is 8.05. The van der Waals surface area contributed by atoms with Gasteiger partial charge in [0, 0.05) is 30.1 Å². The Morgan fingerprint density at radius 3 is 1.08 bits per heavy atom. The van der Waals surface area contributed by atoms with E-state index in [1.54, 1.807) is 0 Å². The van der Waals surface area contributed by atoms with Crippen LogP contribution in [0.4, 0.5) is 0 Å². The van der Waals surface area contributed by atoms with Gasteiger partial charge in [-0.15, -0.1) is 0 Å². The highest BCUT2D eigenvalue weighted by molar-refractivity contribution is 6.49. The second-order valence-electron chi connectivity index (χ2n) is 11.3. The highest BCUT2D eigenvalue weighted by Gasteiger charge is 2.34. The van der Waals surface area contributed by atoms with Crippen LogP contribution in [0.3, 0.4) is 0 Å². The molecule has 2 unspecified atom stereocenters. The minimum atomic E-state index is -0.110. The minimum absolute atomic E-state index is 0.110. The summed E-state index contributed by atoms with van der Waals surface area (Å²) in [6, 6.07) is 0. The van der Waals surface area contributed by atoms with E-state index in [2.05, 4.69) is 94.0 Å².